The second-order valence-electron chi connectivity index (χ2n) is 17.7. The molecule has 11 nitrogen and oxygen atoms in total. The minimum absolute atomic E-state index is 0.00772. The minimum atomic E-state index is -0.364. The largest absolute Gasteiger partial charge is 0.310 e. The highest BCUT2D eigenvalue weighted by atomic mass is 79.9. The van der Waals surface area contributed by atoms with Gasteiger partial charge < -0.3 is 10.6 Å². The average molecular weight is 995 g/mol. The Morgan fingerprint density at radius 2 is 1.15 bits per heavy atom. The lowest BCUT2D eigenvalue weighted by molar-refractivity contribution is -0.119. The van der Waals surface area contributed by atoms with E-state index in [1.807, 2.05) is 0 Å². The molecule has 2 saturated carbocycles. The lowest BCUT2D eigenvalue weighted by atomic mass is 9.84. The summed E-state index contributed by atoms with van der Waals surface area (Å²) in [5.74, 6) is 2.27. The van der Waals surface area contributed by atoms with Crippen molar-refractivity contribution in [2.75, 3.05) is 0 Å². The fraction of sp³-hybridized carbons (Fsp3) is 0.321. The number of aromatic nitrogens is 4. The molecule has 0 atom stereocenters. The number of allylic oxidation sites excluding steroid dienone is 1. The normalized spacial score (nSPS) is 22.1. The molecule has 4 aliphatic rings. The Morgan fingerprint density at radius 1 is 0.597 bits per heavy atom. The summed E-state index contributed by atoms with van der Waals surface area (Å²) in [5, 5.41) is 14.5. The lowest BCUT2D eigenvalue weighted by Gasteiger charge is -2.29. The zero-order valence-electron chi connectivity index (χ0n) is 37.1. The number of amides is 2. The van der Waals surface area contributed by atoms with Crippen molar-refractivity contribution in [1.82, 2.24) is 35.9 Å². The first kappa shape index (κ1) is 46.7. The van der Waals surface area contributed by atoms with Gasteiger partial charge in [0, 0.05) is 54.9 Å². The number of halogens is 1. The smallest absolute Gasteiger partial charge is 0.290 e. The number of imide groups is 1. The van der Waals surface area contributed by atoms with E-state index in [2.05, 4.69) is 131 Å². The van der Waals surface area contributed by atoms with Crippen LogP contribution in [0.2, 0.25) is 0 Å². The van der Waals surface area contributed by atoms with Crippen molar-refractivity contribution in [2.24, 2.45) is 11.8 Å². The molecule has 2 aliphatic heterocycles. The molecule has 4 aromatic carbocycles. The third-order valence-corrected chi connectivity index (χ3v) is 15.8. The number of hydrogen-bond acceptors (Lipinski definition) is 12. The van der Waals surface area contributed by atoms with Crippen LogP contribution in [0.1, 0.15) is 92.0 Å². The van der Waals surface area contributed by atoms with Crippen LogP contribution in [0.4, 0.5) is 4.79 Å². The number of nitrogens with zero attached hydrogens (tertiary/aromatic N) is 4. The molecule has 2 aromatic heterocycles. The SMILES string of the molecule is O=C1CC(=O)/C(=C/c2ccnc(CC3CCC(NCc4cccc5ccccc45)CC3)n2)S1.O=C1NC(=O)/C(=C/c2ccnc(CC3CCC(NCc4ccc5ccccc5c4Br)CC3)n2)S1. The maximum Gasteiger partial charge on any atom is 0.290 e. The van der Waals surface area contributed by atoms with Gasteiger partial charge in [-0.2, -0.15) is 0 Å². The summed E-state index contributed by atoms with van der Waals surface area (Å²) in [7, 11) is 0. The van der Waals surface area contributed by atoms with Gasteiger partial charge in [-0.25, -0.2) is 19.9 Å². The van der Waals surface area contributed by atoms with Crippen LogP contribution in [0.15, 0.2) is 118 Å². The number of carbonyl (C=O) groups excluding carboxylic acids is 4. The maximum atomic E-state index is 11.9. The molecule has 0 spiro atoms. The molecule has 342 valence electrons. The van der Waals surface area contributed by atoms with E-state index in [0.717, 1.165) is 112 Å². The molecule has 67 heavy (non-hydrogen) atoms. The summed E-state index contributed by atoms with van der Waals surface area (Å²) in [5.41, 5.74) is 4.01. The van der Waals surface area contributed by atoms with Gasteiger partial charge in [0.2, 0.25) is 5.12 Å². The zero-order chi connectivity index (χ0) is 46.1. The second kappa shape index (κ2) is 22.2. The Labute approximate surface area is 407 Å². The zero-order valence-corrected chi connectivity index (χ0v) is 40.3. The molecule has 3 N–H and O–H groups in total. The molecule has 0 radical (unpaired) electrons. The van der Waals surface area contributed by atoms with E-state index >= 15 is 0 Å². The van der Waals surface area contributed by atoms with Crippen LogP contribution in [0.5, 0.6) is 0 Å². The molecular formula is C53H52BrN7O4S2. The third-order valence-electron chi connectivity index (χ3n) is 13.1. The monoisotopic (exact) mass is 993 g/mol. The van der Waals surface area contributed by atoms with Crippen LogP contribution >= 0.6 is 39.5 Å². The van der Waals surface area contributed by atoms with Gasteiger partial charge in [-0.05, 0) is 160 Å². The molecule has 4 heterocycles. The fourth-order valence-electron chi connectivity index (χ4n) is 9.45. The van der Waals surface area contributed by atoms with Crippen molar-refractivity contribution in [3.05, 3.63) is 152 Å². The molecule has 6 aromatic rings. The highest BCUT2D eigenvalue weighted by molar-refractivity contribution is 9.10. The molecule has 2 saturated heterocycles. The van der Waals surface area contributed by atoms with Crippen LogP contribution < -0.4 is 16.0 Å². The summed E-state index contributed by atoms with van der Waals surface area (Å²) < 4.78 is 1.18. The van der Waals surface area contributed by atoms with Crippen molar-refractivity contribution in [2.45, 2.75) is 95.8 Å². The standard InChI is InChI=1S/C27H27N3O2S.C26H25BrN4O2S/c31-24-16-27(32)33-25(24)15-22-12-13-28-26(30-22)14-18-8-10-21(11-9-18)29-17-20-6-3-5-19-4-1-2-7-23(19)20;27-24-18(8-7-17-3-1-2-4-21(17)24)15-29-19-9-5-16(6-10-19)13-23-28-12-11-20(30-23)14-22-25(32)31-26(33)34-22/h1-7,12-13,15,18,21,29H,8-11,14,16-17H2;1-4,7-8,11-12,14,16,19,29H,5-6,9-10,13,15H2,(H,31,32,33)/b25-15-;22-14-. The van der Waals surface area contributed by atoms with E-state index in [0.29, 0.717) is 45.1 Å². The molecular weight excluding hydrogens is 943 g/mol. The number of nitrogens with one attached hydrogen (secondary N) is 3. The van der Waals surface area contributed by atoms with E-state index in [1.165, 1.54) is 37.1 Å². The predicted octanol–water partition coefficient (Wildman–Crippen LogP) is 10.7. The van der Waals surface area contributed by atoms with E-state index in [-0.39, 0.29) is 28.5 Å². The number of benzene rings is 4. The molecule has 0 unspecified atom stereocenters. The first-order chi connectivity index (χ1) is 32.7. The topological polar surface area (TPSA) is 156 Å². The molecule has 2 amide bonds. The van der Waals surface area contributed by atoms with Crippen LogP contribution in [0.3, 0.4) is 0 Å². The number of hydrogen-bond donors (Lipinski definition) is 3. The number of rotatable bonds is 12. The van der Waals surface area contributed by atoms with E-state index < -0.39 is 0 Å². The molecule has 2 aliphatic carbocycles. The average Bonchev–Trinajstić information content (AvgIpc) is 3.84. The van der Waals surface area contributed by atoms with Gasteiger partial charge in [-0.15, -0.1) is 0 Å². The molecule has 14 heteroatoms. The Morgan fingerprint density at radius 3 is 1.73 bits per heavy atom. The van der Waals surface area contributed by atoms with Gasteiger partial charge in [0.05, 0.1) is 27.6 Å². The van der Waals surface area contributed by atoms with Gasteiger partial charge in [0.15, 0.2) is 5.78 Å². The van der Waals surface area contributed by atoms with Gasteiger partial charge in [-0.1, -0.05) is 78.9 Å². The fourth-order valence-corrected chi connectivity index (χ4v) is 11.6. The highest BCUT2D eigenvalue weighted by Gasteiger charge is 2.28. The molecule has 4 fully saturated rings. The Bertz CT molecular complexity index is 2870. The Kier molecular flexibility index (Phi) is 15.4. The summed E-state index contributed by atoms with van der Waals surface area (Å²) in [6, 6.07) is 32.5. The number of Topliss-reactive ketones (excluding diaryl/α,β-unsaturated/α-hetero) is 1. The van der Waals surface area contributed by atoms with Gasteiger partial charge in [0.1, 0.15) is 11.6 Å². The van der Waals surface area contributed by atoms with E-state index in [1.54, 1.807) is 36.7 Å². The van der Waals surface area contributed by atoms with Crippen molar-refractivity contribution in [3.63, 3.8) is 0 Å². The van der Waals surface area contributed by atoms with Crippen LogP contribution in [-0.4, -0.2) is 54.1 Å². The van der Waals surface area contributed by atoms with Crippen LogP contribution in [0.25, 0.3) is 33.7 Å². The minimum Gasteiger partial charge on any atom is -0.310 e. The van der Waals surface area contributed by atoms with Crippen LogP contribution in [-0.2, 0) is 40.3 Å². The van der Waals surface area contributed by atoms with Crippen molar-refractivity contribution in [3.8, 4) is 0 Å². The quantitative estimate of drug-likeness (QED) is 0.0789. The maximum absolute atomic E-state index is 11.9. The van der Waals surface area contributed by atoms with E-state index in [4.69, 9.17) is 0 Å². The number of ketones is 1. The summed E-state index contributed by atoms with van der Waals surface area (Å²) in [6.45, 7) is 1.75. The van der Waals surface area contributed by atoms with Gasteiger partial charge in [0.25, 0.3) is 11.1 Å². The lowest BCUT2D eigenvalue weighted by Crippen LogP contribution is -2.33. The number of thioether (sulfide) groups is 2. The van der Waals surface area contributed by atoms with Crippen LogP contribution in [0, 0.1) is 11.8 Å². The first-order valence-electron chi connectivity index (χ1n) is 23.1. The summed E-state index contributed by atoms with van der Waals surface area (Å²) >= 11 is 5.72. The summed E-state index contributed by atoms with van der Waals surface area (Å²) in [6.07, 6.45) is 17.7. The van der Waals surface area contributed by atoms with Gasteiger partial charge in [-0.3, -0.25) is 24.5 Å². The van der Waals surface area contributed by atoms with Gasteiger partial charge >= 0.3 is 0 Å². The number of fused-ring (bicyclic) bond motifs is 2. The van der Waals surface area contributed by atoms with E-state index in [9.17, 15) is 19.2 Å². The first-order valence-corrected chi connectivity index (χ1v) is 25.6. The molecule has 0 bridgehead atoms. The van der Waals surface area contributed by atoms with Crippen molar-refractivity contribution < 1.29 is 19.2 Å². The third kappa shape index (κ3) is 12.4. The molecule has 10 rings (SSSR count). The van der Waals surface area contributed by atoms with Crippen molar-refractivity contribution in [1.29, 1.82) is 0 Å². The Hall–Kier alpha value is -5.38. The second-order valence-corrected chi connectivity index (χ2v) is 20.6. The predicted molar refractivity (Wildman–Crippen MR) is 272 cm³/mol. The van der Waals surface area contributed by atoms with Crippen molar-refractivity contribution >= 4 is 95.2 Å². The highest BCUT2D eigenvalue weighted by Crippen LogP contribution is 2.33. The summed E-state index contributed by atoms with van der Waals surface area (Å²) in [4.78, 5) is 65.4. The number of carbonyl (C=O) groups is 4. The Balaban J connectivity index is 0.000000168.